The van der Waals surface area contributed by atoms with Crippen molar-refractivity contribution < 1.29 is 9.90 Å². The highest BCUT2D eigenvalue weighted by molar-refractivity contribution is 7.08. The van der Waals surface area contributed by atoms with E-state index in [4.69, 9.17) is 5.11 Å². The molecule has 1 saturated heterocycles. The number of carbonyl (C=O) groups is 1. The minimum Gasteiger partial charge on any atom is -0.481 e. The molecule has 3 nitrogen and oxygen atoms in total. The summed E-state index contributed by atoms with van der Waals surface area (Å²) >= 11 is 1.52. The Kier molecular flexibility index (Phi) is 6.11. The Hall–Kier alpha value is -0.870. The molecule has 0 saturated carbocycles. The number of hydrogen-bond acceptors (Lipinski definition) is 3. The standard InChI is InChI=1S/C7H8O2S.C5H11N/c1-5(7(8)9)6-2-3-10-4-6;1-2-4-6-5-3-1/h2-5H,1H3,(H,8,9);6H,1-5H2. The van der Waals surface area contributed by atoms with Crippen molar-refractivity contribution in [2.24, 2.45) is 0 Å². The highest BCUT2D eigenvalue weighted by atomic mass is 32.1. The minimum absolute atomic E-state index is 0.369. The summed E-state index contributed by atoms with van der Waals surface area (Å²) in [5, 5.41) is 15.6. The second-order valence-corrected chi connectivity index (χ2v) is 4.71. The molecule has 16 heavy (non-hydrogen) atoms. The SMILES string of the molecule is C1CCNCC1.CC(C(=O)O)c1ccsc1. The van der Waals surface area contributed by atoms with Crippen molar-refractivity contribution in [2.75, 3.05) is 13.1 Å². The molecule has 0 aromatic carbocycles. The van der Waals surface area contributed by atoms with Crippen LogP contribution in [0.3, 0.4) is 0 Å². The van der Waals surface area contributed by atoms with Gasteiger partial charge in [-0.25, -0.2) is 0 Å². The molecule has 0 spiro atoms. The molecule has 1 aromatic heterocycles. The minimum atomic E-state index is -0.765. The molecule has 1 fully saturated rings. The molecule has 1 unspecified atom stereocenters. The zero-order chi connectivity index (χ0) is 11.8. The van der Waals surface area contributed by atoms with Gasteiger partial charge in [-0.1, -0.05) is 6.42 Å². The van der Waals surface area contributed by atoms with E-state index in [0.29, 0.717) is 0 Å². The van der Waals surface area contributed by atoms with Gasteiger partial charge in [-0.2, -0.15) is 11.3 Å². The van der Waals surface area contributed by atoms with E-state index in [1.807, 2.05) is 16.8 Å². The molecule has 2 rings (SSSR count). The first-order valence-corrected chi connectivity index (χ1v) is 6.61. The summed E-state index contributed by atoms with van der Waals surface area (Å²) in [5.74, 6) is -1.13. The maximum Gasteiger partial charge on any atom is 0.310 e. The van der Waals surface area contributed by atoms with E-state index in [1.165, 1.54) is 43.7 Å². The van der Waals surface area contributed by atoms with Crippen LogP contribution < -0.4 is 5.32 Å². The number of rotatable bonds is 2. The van der Waals surface area contributed by atoms with Crippen molar-refractivity contribution in [3.8, 4) is 0 Å². The largest absolute Gasteiger partial charge is 0.481 e. The summed E-state index contributed by atoms with van der Waals surface area (Å²) in [6, 6.07) is 1.84. The normalized spacial score (nSPS) is 17.1. The lowest BCUT2D eigenvalue weighted by Gasteiger charge is -2.08. The predicted octanol–water partition coefficient (Wildman–Crippen LogP) is 2.70. The molecule has 2 N–H and O–H groups in total. The zero-order valence-electron chi connectivity index (χ0n) is 9.61. The first-order valence-electron chi connectivity index (χ1n) is 5.67. The van der Waals surface area contributed by atoms with Crippen LogP contribution in [0.2, 0.25) is 0 Å². The van der Waals surface area contributed by atoms with Gasteiger partial charge in [-0.3, -0.25) is 4.79 Å². The number of thiophene rings is 1. The average Bonchev–Trinajstić information content (AvgIpc) is 2.84. The van der Waals surface area contributed by atoms with Gasteiger partial charge in [-0.05, 0) is 55.2 Å². The summed E-state index contributed by atoms with van der Waals surface area (Å²) in [7, 11) is 0. The van der Waals surface area contributed by atoms with Gasteiger partial charge in [0.2, 0.25) is 0 Å². The Morgan fingerprint density at radius 1 is 1.44 bits per heavy atom. The maximum atomic E-state index is 10.4. The first kappa shape index (κ1) is 13.2. The lowest BCUT2D eigenvalue weighted by molar-refractivity contribution is -0.138. The molecule has 0 radical (unpaired) electrons. The number of piperidine rings is 1. The summed E-state index contributed by atoms with van der Waals surface area (Å²) in [4.78, 5) is 10.4. The van der Waals surface area contributed by atoms with Gasteiger partial charge in [0.25, 0.3) is 0 Å². The van der Waals surface area contributed by atoms with Gasteiger partial charge in [0.05, 0.1) is 5.92 Å². The average molecular weight is 241 g/mol. The van der Waals surface area contributed by atoms with E-state index in [2.05, 4.69) is 5.32 Å². The molecular weight excluding hydrogens is 222 g/mol. The van der Waals surface area contributed by atoms with Gasteiger partial charge in [0, 0.05) is 0 Å². The lowest BCUT2D eigenvalue weighted by atomic mass is 10.1. The maximum absolute atomic E-state index is 10.4. The lowest BCUT2D eigenvalue weighted by Crippen LogP contribution is -2.21. The fourth-order valence-electron chi connectivity index (χ4n) is 1.47. The Balaban J connectivity index is 0.000000181. The second-order valence-electron chi connectivity index (χ2n) is 3.93. The van der Waals surface area contributed by atoms with Crippen molar-refractivity contribution >= 4 is 17.3 Å². The number of hydrogen-bond donors (Lipinski definition) is 2. The van der Waals surface area contributed by atoms with Crippen molar-refractivity contribution in [2.45, 2.75) is 32.1 Å². The molecular formula is C12H19NO2S. The Labute approximate surface area is 100 Å². The molecule has 0 aliphatic carbocycles. The molecule has 90 valence electrons. The highest BCUT2D eigenvalue weighted by Gasteiger charge is 2.12. The third-order valence-corrected chi connectivity index (χ3v) is 3.32. The summed E-state index contributed by atoms with van der Waals surface area (Å²) < 4.78 is 0. The van der Waals surface area contributed by atoms with Crippen molar-refractivity contribution in [1.82, 2.24) is 5.32 Å². The highest BCUT2D eigenvalue weighted by Crippen LogP contribution is 2.17. The topological polar surface area (TPSA) is 49.3 Å². The molecule has 4 heteroatoms. The fraction of sp³-hybridized carbons (Fsp3) is 0.583. The van der Waals surface area contributed by atoms with Gasteiger partial charge in [-0.15, -0.1) is 0 Å². The van der Waals surface area contributed by atoms with Crippen molar-refractivity contribution in [3.05, 3.63) is 22.4 Å². The van der Waals surface area contributed by atoms with Crippen LogP contribution in [0.25, 0.3) is 0 Å². The molecule has 0 amide bonds. The molecule has 1 aliphatic rings. The first-order chi connectivity index (χ1) is 7.72. The van der Waals surface area contributed by atoms with E-state index in [-0.39, 0.29) is 5.92 Å². The third-order valence-electron chi connectivity index (χ3n) is 2.62. The van der Waals surface area contributed by atoms with E-state index in [0.717, 1.165) is 5.56 Å². The number of carboxylic acid groups (broad SMARTS) is 1. The summed E-state index contributed by atoms with van der Waals surface area (Å²) in [6.45, 7) is 4.18. The van der Waals surface area contributed by atoms with E-state index < -0.39 is 5.97 Å². The van der Waals surface area contributed by atoms with Crippen molar-refractivity contribution in [1.29, 1.82) is 0 Å². The van der Waals surface area contributed by atoms with Crippen LogP contribution in [0, 0.1) is 0 Å². The van der Waals surface area contributed by atoms with Crippen LogP contribution >= 0.6 is 11.3 Å². The van der Waals surface area contributed by atoms with E-state index >= 15 is 0 Å². The van der Waals surface area contributed by atoms with Crippen LogP contribution in [0.15, 0.2) is 16.8 Å². The second kappa shape index (κ2) is 7.41. The van der Waals surface area contributed by atoms with Gasteiger partial charge < -0.3 is 10.4 Å². The van der Waals surface area contributed by atoms with Gasteiger partial charge in [0.15, 0.2) is 0 Å². The fourth-order valence-corrected chi connectivity index (χ4v) is 2.22. The third kappa shape index (κ3) is 4.77. The molecule has 1 aliphatic heterocycles. The Morgan fingerprint density at radius 2 is 2.12 bits per heavy atom. The Bertz CT molecular complexity index is 282. The molecule has 2 heterocycles. The predicted molar refractivity (Wildman–Crippen MR) is 67.1 cm³/mol. The monoisotopic (exact) mass is 241 g/mol. The van der Waals surface area contributed by atoms with Crippen molar-refractivity contribution in [3.63, 3.8) is 0 Å². The Morgan fingerprint density at radius 3 is 2.44 bits per heavy atom. The van der Waals surface area contributed by atoms with Crippen LogP contribution in [-0.4, -0.2) is 24.2 Å². The van der Waals surface area contributed by atoms with Gasteiger partial charge in [0.1, 0.15) is 0 Å². The smallest absolute Gasteiger partial charge is 0.310 e. The van der Waals surface area contributed by atoms with E-state index in [1.54, 1.807) is 6.92 Å². The van der Waals surface area contributed by atoms with Gasteiger partial charge >= 0.3 is 5.97 Å². The van der Waals surface area contributed by atoms with Crippen LogP contribution in [0.1, 0.15) is 37.7 Å². The quantitative estimate of drug-likeness (QED) is 0.837. The zero-order valence-corrected chi connectivity index (χ0v) is 10.4. The van der Waals surface area contributed by atoms with Crippen LogP contribution in [0.4, 0.5) is 0 Å². The molecule has 0 bridgehead atoms. The number of aliphatic carboxylic acids is 1. The number of carboxylic acids is 1. The summed E-state index contributed by atoms with van der Waals surface area (Å²) in [6.07, 6.45) is 4.22. The van der Waals surface area contributed by atoms with Crippen LogP contribution in [-0.2, 0) is 4.79 Å². The van der Waals surface area contributed by atoms with E-state index in [9.17, 15) is 4.79 Å². The molecule has 1 atom stereocenters. The number of nitrogens with one attached hydrogen (secondary N) is 1. The molecule has 1 aromatic rings. The summed E-state index contributed by atoms with van der Waals surface area (Å²) in [5.41, 5.74) is 0.887. The van der Waals surface area contributed by atoms with Crippen LogP contribution in [0.5, 0.6) is 0 Å².